The minimum atomic E-state index is 0.585. The van der Waals surface area contributed by atoms with Crippen molar-refractivity contribution in [1.82, 2.24) is 10.2 Å². The van der Waals surface area contributed by atoms with Gasteiger partial charge in [-0.15, -0.1) is 0 Å². The maximum absolute atomic E-state index is 5.19. The molecule has 0 aliphatic carbocycles. The van der Waals surface area contributed by atoms with Crippen molar-refractivity contribution in [3.05, 3.63) is 29.8 Å². The predicted octanol–water partition coefficient (Wildman–Crippen LogP) is 3.29. The maximum atomic E-state index is 5.19. The molecule has 1 unspecified atom stereocenters. The van der Waals surface area contributed by atoms with Gasteiger partial charge in [-0.3, -0.25) is 4.90 Å². The molecule has 20 heavy (non-hydrogen) atoms. The van der Waals surface area contributed by atoms with Crippen LogP contribution in [0.25, 0.3) is 0 Å². The molecule has 0 fully saturated rings. The van der Waals surface area contributed by atoms with E-state index in [0.29, 0.717) is 12.1 Å². The molecule has 3 heteroatoms. The lowest BCUT2D eigenvalue weighted by Gasteiger charge is -2.25. The Morgan fingerprint density at radius 1 is 1.15 bits per heavy atom. The molecule has 1 rings (SSSR count). The molecular formula is C17H30N2O. The summed E-state index contributed by atoms with van der Waals surface area (Å²) in [6.45, 7) is 8.79. The van der Waals surface area contributed by atoms with Crippen LogP contribution >= 0.6 is 0 Å². The van der Waals surface area contributed by atoms with E-state index in [0.717, 1.165) is 18.8 Å². The summed E-state index contributed by atoms with van der Waals surface area (Å²) >= 11 is 0. The van der Waals surface area contributed by atoms with Gasteiger partial charge in [-0.2, -0.15) is 0 Å². The zero-order valence-corrected chi connectivity index (χ0v) is 13.6. The molecule has 1 aromatic rings. The predicted molar refractivity (Wildman–Crippen MR) is 86.3 cm³/mol. The highest BCUT2D eigenvalue weighted by Crippen LogP contribution is 2.14. The van der Waals surface area contributed by atoms with Gasteiger partial charge in [0.15, 0.2) is 0 Å². The zero-order valence-electron chi connectivity index (χ0n) is 13.6. The second kappa shape index (κ2) is 8.98. The van der Waals surface area contributed by atoms with Crippen LogP contribution in [0.4, 0.5) is 0 Å². The SMILES string of the molecule is COc1ccc(CN(C)C(C)CCCNC(C)C)cc1. The average Bonchev–Trinajstić information content (AvgIpc) is 2.44. The number of methoxy groups -OCH3 is 1. The average molecular weight is 278 g/mol. The number of benzene rings is 1. The molecule has 0 radical (unpaired) electrons. The lowest BCUT2D eigenvalue weighted by molar-refractivity contribution is 0.234. The van der Waals surface area contributed by atoms with Gasteiger partial charge < -0.3 is 10.1 Å². The van der Waals surface area contributed by atoms with E-state index in [1.165, 1.54) is 18.4 Å². The van der Waals surface area contributed by atoms with Crippen LogP contribution in [0.5, 0.6) is 5.75 Å². The summed E-state index contributed by atoms with van der Waals surface area (Å²) in [6, 6.07) is 9.53. The molecule has 3 nitrogen and oxygen atoms in total. The van der Waals surface area contributed by atoms with Crippen LogP contribution < -0.4 is 10.1 Å². The Morgan fingerprint density at radius 3 is 2.35 bits per heavy atom. The van der Waals surface area contributed by atoms with Gasteiger partial charge in [0.2, 0.25) is 0 Å². The van der Waals surface area contributed by atoms with Crippen LogP contribution in [-0.4, -0.2) is 37.7 Å². The highest BCUT2D eigenvalue weighted by molar-refractivity contribution is 5.27. The second-order valence-electron chi connectivity index (χ2n) is 5.86. The van der Waals surface area contributed by atoms with Gasteiger partial charge in [0.05, 0.1) is 7.11 Å². The number of rotatable bonds is 9. The summed E-state index contributed by atoms with van der Waals surface area (Å²) in [5, 5.41) is 3.47. The standard InChI is InChI=1S/C17H30N2O/c1-14(2)18-12-6-7-15(3)19(4)13-16-8-10-17(20-5)11-9-16/h8-11,14-15,18H,6-7,12-13H2,1-5H3. The third-order valence-corrected chi connectivity index (χ3v) is 3.69. The molecule has 0 aliphatic rings. The van der Waals surface area contributed by atoms with E-state index >= 15 is 0 Å². The Kier molecular flexibility index (Phi) is 7.63. The van der Waals surface area contributed by atoms with Crippen molar-refractivity contribution in [3.63, 3.8) is 0 Å². The molecule has 0 amide bonds. The zero-order chi connectivity index (χ0) is 15.0. The van der Waals surface area contributed by atoms with E-state index in [-0.39, 0.29) is 0 Å². The molecule has 0 heterocycles. The van der Waals surface area contributed by atoms with Crippen molar-refractivity contribution in [3.8, 4) is 5.75 Å². The van der Waals surface area contributed by atoms with Gasteiger partial charge in [-0.25, -0.2) is 0 Å². The number of ether oxygens (including phenoxy) is 1. The summed E-state index contributed by atoms with van der Waals surface area (Å²) in [4.78, 5) is 2.41. The van der Waals surface area contributed by atoms with Crippen molar-refractivity contribution < 1.29 is 4.74 Å². The topological polar surface area (TPSA) is 24.5 Å². The third-order valence-electron chi connectivity index (χ3n) is 3.69. The fourth-order valence-electron chi connectivity index (χ4n) is 2.18. The van der Waals surface area contributed by atoms with Crippen LogP contribution in [-0.2, 0) is 6.54 Å². The molecule has 114 valence electrons. The normalized spacial score (nSPS) is 12.9. The molecule has 1 atom stereocenters. The molecule has 0 aromatic heterocycles. The summed E-state index contributed by atoms with van der Waals surface area (Å²) in [5.74, 6) is 0.921. The van der Waals surface area contributed by atoms with Crippen LogP contribution in [0, 0.1) is 0 Å². The molecule has 0 bridgehead atoms. The van der Waals surface area contributed by atoms with Gasteiger partial charge in [-0.05, 0) is 51.1 Å². The van der Waals surface area contributed by atoms with Gasteiger partial charge in [0.25, 0.3) is 0 Å². The second-order valence-corrected chi connectivity index (χ2v) is 5.86. The van der Waals surface area contributed by atoms with E-state index in [1.54, 1.807) is 7.11 Å². The Morgan fingerprint density at radius 2 is 1.80 bits per heavy atom. The minimum Gasteiger partial charge on any atom is -0.497 e. The van der Waals surface area contributed by atoms with E-state index in [2.05, 4.69) is 50.2 Å². The highest BCUT2D eigenvalue weighted by atomic mass is 16.5. The van der Waals surface area contributed by atoms with Crippen molar-refractivity contribution in [2.24, 2.45) is 0 Å². The monoisotopic (exact) mass is 278 g/mol. The van der Waals surface area contributed by atoms with Crippen LogP contribution in [0.2, 0.25) is 0 Å². The Balaban J connectivity index is 2.31. The molecule has 1 N–H and O–H groups in total. The molecule has 1 aromatic carbocycles. The number of nitrogens with one attached hydrogen (secondary N) is 1. The first-order valence-corrected chi connectivity index (χ1v) is 7.59. The molecule has 0 aliphatic heterocycles. The number of hydrogen-bond acceptors (Lipinski definition) is 3. The fraction of sp³-hybridized carbons (Fsp3) is 0.647. The Hall–Kier alpha value is -1.06. The van der Waals surface area contributed by atoms with Crippen LogP contribution in [0.3, 0.4) is 0 Å². The van der Waals surface area contributed by atoms with E-state index in [1.807, 2.05) is 12.1 Å². The lowest BCUT2D eigenvalue weighted by Crippen LogP contribution is -2.30. The van der Waals surface area contributed by atoms with Crippen LogP contribution in [0.1, 0.15) is 39.2 Å². The summed E-state index contributed by atoms with van der Waals surface area (Å²) < 4.78 is 5.19. The molecule has 0 saturated heterocycles. The van der Waals surface area contributed by atoms with Gasteiger partial charge in [0, 0.05) is 18.6 Å². The van der Waals surface area contributed by atoms with E-state index in [9.17, 15) is 0 Å². The Labute approximate surface area is 124 Å². The third kappa shape index (κ3) is 6.40. The largest absolute Gasteiger partial charge is 0.497 e. The highest BCUT2D eigenvalue weighted by Gasteiger charge is 2.09. The van der Waals surface area contributed by atoms with Crippen LogP contribution in [0.15, 0.2) is 24.3 Å². The number of nitrogens with zero attached hydrogens (tertiary/aromatic N) is 1. The maximum Gasteiger partial charge on any atom is 0.118 e. The van der Waals surface area contributed by atoms with Crippen molar-refractivity contribution >= 4 is 0 Å². The van der Waals surface area contributed by atoms with Gasteiger partial charge in [-0.1, -0.05) is 26.0 Å². The van der Waals surface area contributed by atoms with E-state index < -0.39 is 0 Å². The molecule has 0 saturated carbocycles. The van der Waals surface area contributed by atoms with Crippen molar-refractivity contribution in [1.29, 1.82) is 0 Å². The first-order valence-electron chi connectivity index (χ1n) is 7.59. The first-order chi connectivity index (χ1) is 9.52. The fourth-order valence-corrected chi connectivity index (χ4v) is 2.18. The Bertz CT molecular complexity index is 362. The van der Waals surface area contributed by atoms with Gasteiger partial charge in [0.1, 0.15) is 5.75 Å². The molecule has 0 spiro atoms. The summed E-state index contributed by atoms with van der Waals surface area (Å²) in [6.07, 6.45) is 2.46. The number of hydrogen-bond donors (Lipinski definition) is 1. The van der Waals surface area contributed by atoms with E-state index in [4.69, 9.17) is 4.74 Å². The summed E-state index contributed by atoms with van der Waals surface area (Å²) in [7, 11) is 3.90. The summed E-state index contributed by atoms with van der Waals surface area (Å²) in [5.41, 5.74) is 1.33. The molecular weight excluding hydrogens is 248 g/mol. The van der Waals surface area contributed by atoms with Gasteiger partial charge >= 0.3 is 0 Å². The van der Waals surface area contributed by atoms with Crippen molar-refractivity contribution in [2.75, 3.05) is 20.7 Å². The quantitative estimate of drug-likeness (QED) is 0.702. The lowest BCUT2D eigenvalue weighted by atomic mass is 10.1. The smallest absolute Gasteiger partial charge is 0.118 e. The first kappa shape index (κ1) is 17.0. The minimum absolute atomic E-state index is 0.585. The van der Waals surface area contributed by atoms with Crippen molar-refractivity contribution in [2.45, 2.75) is 52.2 Å².